The molecule has 1 aliphatic heterocycles. The Balaban J connectivity index is 2.10. The minimum atomic E-state index is 0.213. The highest BCUT2D eigenvalue weighted by Gasteiger charge is 2.31. The van der Waals surface area contributed by atoms with Gasteiger partial charge in [-0.05, 0) is 30.2 Å². The molecule has 128 valence electrons. The molecule has 0 spiro atoms. The molecule has 0 bridgehead atoms. The Labute approximate surface area is 143 Å². The lowest BCUT2D eigenvalue weighted by atomic mass is 9.83. The number of benzene rings is 2. The van der Waals surface area contributed by atoms with Gasteiger partial charge in [0, 0.05) is 17.5 Å². The Morgan fingerprint density at radius 1 is 1.00 bits per heavy atom. The van der Waals surface area contributed by atoms with Crippen molar-refractivity contribution in [2.75, 3.05) is 27.9 Å². The molecule has 4 nitrogen and oxygen atoms in total. The fourth-order valence-corrected chi connectivity index (χ4v) is 3.63. The Morgan fingerprint density at radius 2 is 1.71 bits per heavy atom. The summed E-state index contributed by atoms with van der Waals surface area (Å²) in [4.78, 5) is 0. The van der Waals surface area contributed by atoms with Gasteiger partial charge in [0.1, 0.15) is 0 Å². The van der Waals surface area contributed by atoms with Crippen molar-refractivity contribution in [2.24, 2.45) is 0 Å². The fourth-order valence-electron chi connectivity index (χ4n) is 3.63. The SMILES string of the molecule is COc1cc2c(c(OC)c1OC)CCNC2C(C)c1ccccc1. The second kappa shape index (κ2) is 7.14. The topological polar surface area (TPSA) is 39.7 Å². The monoisotopic (exact) mass is 327 g/mol. The van der Waals surface area contributed by atoms with E-state index in [1.807, 2.05) is 0 Å². The first-order valence-corrected chi connectivity index (χ1v) is 8.31. The van der Waals surface area contributed by atoms with Gasteiger partial charge in [0.2, 0.25) is 5.75 Å². The minimum Gasteiger partial charge on any atom is -0.493 e. The Morgan fingerprint density at radius 3 is 2.33 bits per heavy atom. The number of nitrogens with one attached hydrogen (secondary N) is 1. The molecule has 1 heterocycles. The average molecular weight is 327 g/mol. The Bertz CT molecular complexity index is 700. The van der Waals surface area contributed by atoms with E-state index in [2.05, 4.69) is 48.6 Å². The van der Waals surface area contributed by atoms with Crippen LogP contribution in [0.1, 0.15) is 35.6 Å². The first-order valence-electron chi connectivity index (χ1n) is 8.31. The van der Waals surface area contributed by atoms with Crippen LogP contribution in [0.2, 0.25) is 0 Å². The van der Waals surface area contributed by atoms with Crippen molar-refractivity contribution in [1.29, 1.82) is 0 Å². The largest absolute Gasteiger partial charge is 0.493 e. The molecule has 3 rings (SSSR count). The van der Waals surface area contributed by atoms with Crippen LogP contribution in [0.3, 0.4) is 0 Å². The number of fused-ring (bicyclic) bond motifs is 1. The predicted molar refractivity (Wildman–Crippen MR) is 95.4 cm³/mol. The van der Waals surface area contributed by atoms with E-state index in [0.29, 0.717) is 17.4 Å². The van der Waals surface area contributed by atoms with Crippen molar-refractivity contribution in [3.8, 4) is 17.2 Å². The molecule has 2 aromatic carbocycles. The number of hydrogen-bond donors (Lipinski definition) is 1. The number of ether oxygens (including phenoxy) is 3. The van der Waals surface area contributed by atoms with E-state index in [4.69, 9.17) is 14.2 Å². The molecule has 0 saturated carbocycles. The van der Waals surface area contributed by atoms with E-state index in [9.17, 15) is 0 Å². The maximum atomic E-state index is 5.68. The molecule has 0 radical (unpaired) electrons. The van der Waals surface area contributed by atoms with Gasteiger partial charge < -0.3 is 19.5 Å². The summed E-state index contributed by atoms with van der Waals surface area (Å²) < 4.78 is 16.8. The quantitative estimate of drug-likeness (QED) is 0.909. The van der Waals surface area contributed by atoms with Gasteiger partial charge in [0.15, 0.2) is 11.5 Å². The Hall–Kier alpha value is -2.20. The van der Waals surface area contributed by atoms with Crippen LogP contribution in [-0.2, 0) is 6.42 Å². The highest BCUT2D eigenvalue weighted by molar-refractivity contribution is 5.61. The molecule has 4 heteroatoms. The van der Waals surface area contributed by atoms with Crippen LogP contribution >= 0.6 is 0 Å². The maximum Gasteiger partial charge on any atom is 0.203 e. The van der Waals surface area contributed by atoms with Gasteiger partial charge in [-0.1, -0.05) is 37.3 Å². The predicted octanol–water partition coefficient (Wildman–Crippen LogP) is 3.70. The number of methoxy groups -OCH3 is 3. The molecule has 0 amide bonds. The van der Waals surface area contributed by atoms with Crippen LogP contribution in [0, 0.1) is 0 Å². The summed E-state index contributed by atoms with van der Waals surface area (Å²) in [6.07, 6.45) is 0.914. The zero-order chi connectivity index (χ0) is 17.1. The molecule has 0 saturated heterocycles. The fraction of sp³-hybridized carbons (Fsp3) is 0.400. The van der Waals surface area contributed by atoms with Crippen molar-refractivity contribution in [3.63, 3.8) is 0 Å². The molecule has 24 heavy (non-hydrogen) atoms. The Kier molecular flexibility index (Phi) is 4.95. The minimum absolute atomic E-state index is 0.213. The highest BCUT2D eigenvalue weighted by atomic mass is 16.5. The van der Waals surface area contributed by atoms with Crippen LogP contribution in [0.5, 0.6) is 17.2 Å². The van der Waals surface area contributed by atoms with Crippen molar-refractivity contribution in [3.05, 3.63) is 53.1 Å². The van der Waals surface area contributed by atoms with E-state index in [-0.39, 0.29) is 6.04 Å². The van der Waals surface area contributed by atoms with Gasteiger partial charge in [0.05, 0.1) is 21.3 Å². The average Bonchev–Trinajstić information content (AvgIpc) is 2.65. The van der Waals surface area contributed by atoms with Crippen LogP contribution < -0.4 is 19.5 Å². The van der Waals surface area contributed by atoms with Crippen molar-refractivity contribution >= 4 is 0 Å². The van der Waals surface area contributed by atoms with Gasteiger partial charge in [-0.3, -0.25) is 0 Å². The summed E-state index contributed by atoms with van der Waals surface area (Å²) in [6, 6.07) is 12.9. The normalized spacial score (nSPS) is 17.8. The van der Waals surface area contributed by atoms with Gasteiger partial charge in [-0.25, -0.2) is 0 Å². The molecular weight excluding hydrogens is 302 g/mol. The molecule has 0 aliphatic carbocycles. The second-order valence-electron chi connectivity index (χ2n) is 6.09. The molecular formula is C20H25NO3. The zero-order valence-corrected chi connectivity index (χ0v) is 14.8. The van der Waals surface area contributed by atoms with Crippen molar-refractivity contribution < 1.29 is 14.2 Å². The van der Waals surface area contributed by atoms with Crippen LogP contribution in [-0.4, -0.2) is 27.9 Å². The third kappa shape index (κ3) is 2.82. The highest BCUT2D eigenvalue weighted by Crippen LogP contribution is 2.47. The summed E-state index contributed by atoms with van der Waals surface area (Å²) in [7, 11) is 5.00. The molecule has 2 atom stereocenters. The third-order valence-corrected chi connectivity index (χ3v) is 4.87. The van der Waals surface area contributed by atoms with E-state index in [1.165, 1.54) is 16.7 Å². The second-order valence-corrected chi connectivity index (χ2v) is 6.09. The summed E-state index contributed by atoms with van der Waals surface area (Å²) in [5.74, 6) is 2.51. The van der Waals surface area contributed by atoms with E-state index in [0.717, 1.165) is 18.7 Å². The van der Waals surface area contributed by atoms with E-state index in [1.54, 1.807) is 21.3 Å². The van der Waals surface area contributed by atoms with Crippen LogP contribution in [0.25, 0.3) is 0 Å². The smallest absolute Gasteiger partial charge is 0.203 e. The van der Waals surface area contributed by atoms with Gasteiger partial charge in [-0.2, -0.15) is 0 Å². The van der Waals surface area contributed by atoms with E-state index >= 15 is 0 Å². The summed E-state index contributed by atoms with van der Waals surface area (Å²) in [5, 5.41) is 3.66. The molecule has 1 N–H and O–H groups in total. The molecule has 2 unspecified atom stereocenters. The number of rotatable bonds is 5. The first kappa shape index (κ1) is 16.7. The lowest BCUT2D eigenvalue weighted by Gasteiger charge is -2.33. The lowest BCUT2D eigenvalue weighted by Crippen LogP contribution is -2.33. The van der Waals surface area contributed by atoms with Gasteiger partial charge in [-0.15, -0.1) is 0 Å². The summed E-state index contributed by atoms with van der Waals surface area (Å²) in [5.41, 5.74) is 3.75. The summed E-state index contributed by atoms with van der Waals surface area (Å²) >= 11 is 0. The number of hydrogen-bond acceptors (Lipinski definition) is 4. The standard InChI is InChI=1S/C20H25NO3/c1-13(14-8-6-5-7-9-14)18-16-12-17(22-2)20(24-4)19(23-3)15(16)10-11-21-18/h5-9,12-13,18,21H,10-11H2,1-4H3. The lowest BCUT2D eigenvalue weighted by molar-refractivity contribution is 0.316. The van der Waals surface area contributed by atoms with Crippen molar-refractivity contribution in [2.45, 2.75) is 25.3 Å². The van der Waals surface area contributed by atoms with E-state index < -0.39 is 0 Å². The first-order chi connectivity index (χ1) is 11.7. The maximum absolute atomic E-state index is 5.68. The summed E-state index contributed by atoms with van der Waals surface area (Å²) in [6.45, 7) is 3.17. The van der Waals surface area contributed by atoms with Crippen molar-refractivity contribution in [1.82, 2.24) is 5.32 Å². The zero-order valence-electron chi connectivity index (χ0n) is 14.8. The molecule has 2 aromatic rings. The molecule has 0 aromatic heterocycles. The van der Waals surface area contributed by atoms with Crippen LogP contribution in [0.4, 0.5) is 0 Å². The molecule has 0 fully saturated rings. The van der Waals surface area contributed by atoms with Crippen LogP contribution in [0.15, 0.2) is 36.4 Å². The van der Waals surface area contributed by atoms with Gasteiger partial charge >= 0.3 is 0 Å². The van der Waals surface area contributed by atoms with Gasteiger partial charge in [0.25, 0.3) is 0 Å². The molecule has 1 aliphatic rings. The third-order valence-electron chi connectivity index (χ3n) is 4.87.